The van der Waals surface area contributed by atoms with Crippen molar-refractivity contribution in [2.45, 2.75) is 13.5 Å². The standard InChI is InChI=1S/C23H18F2N6O3/c1-3-33-19-10-26-17-12-31(15-5-6-16-14(8-15)11-30(2)29-16)22(32)20(21(17)28-19)13-4-7-18(27-9-13)34-23(24)25/h4-12,23H,3H2,1-2H3. The van der Waals surface area contributed by atoms with Crippen LogP contribution in [0.2, 0.25) is 0 Å². The van der Waals surface area contributed by atoms with E-state index >= 15 is 0 Å². The van der Waals surface area contributed by atoms with E-state index in [1.807, 2.05) is 32.3 Å². The number of fused-ring (bicyclic) bond motifs is 2. The van der Waals surface area contributed by atoms with Crippen LogP contribution >= 0.6 is 0 Å². The van der Waals surface area contributed by atoms with Crippen LogP contribution in [0, 0.1) is 0 Å². The van der Waals surface area contributed by atoms with E-state index < -0.39 is 6.61 Å². The molecule has 4 heterocycles. The summed E-state index contributed by atoms with van der Waals surface area (Å²) in [5.41, 5.74) is 2.33. The lowest BCUT2D eigenvalue weighted by Gasteiger charge is -2.13. The van der Waals surface area contributed by atoms with Crippen LogP contribution in [0.4, 0.5) is 8.78 Å². The summed E-state index contributed by atoms with van der Waals surface area (Å²) in [7, 11) is 1.82. The summed E-state index contributed by atoms with van der Waals surface area (Å²) < 4.78 is 38.0. The number of benzene rings is 1. The summed E-state index contributed by atoms with van der Waals surface area (Å²) in [6.45, 7) is -0.820. The maximum atomic E-state index is 13.7. The predicted octanol–water partition coefficient (Wildman–Crippen LogP) is 3.73. The number of rotatable bonds is 6. The molecule has 0 N–H and O–H groups in total. The lowest BCUT2D eigenvalue weighted by atomic mass is 10.1. The van der Waals surface area contributed by atoms with Crippen molar-refractivity contribution in [1.82, 2.24) is 29.3 Å². The highest BCUT2D eigenvalue weighted by molar-refractivity contribution is 5.91. The Labute approximate surface area is 191 Å². The molecule has 172 valence electrons. The van der Waals surface area contributed by atoms with Crippen LogP contribution < -0.4 is 15.0 Å². The van der Waals surface area contributed by atoms with Gasteiger partial charge in [-0.2, -0.15) is 13.9 Å². The lowest BCUT2D eigenvalue weighted by molar-refractivity contribution is -0.0528. The number of nitrogens with zero attached hydrogens (tertiary/aromatic N) is 6. The van der Waals surface area contributed by atoms with E-state index in [4.69, 9.17) is 4.74 Å². The summed E-state index contributed by atoms with van der Waals surface area (Å²) >= 11 is 0. The Balaban J connectivity index is 1.74. The molecule has 0 radical (unpaired) electrons. The first-order chi connectivity index (χ1) is 16.4. The fraction of sp³-hybridized carbons (Fsp3) is 0.174. The average molecular weight is 464 g/mol. The van der Waals surface area contributed by atoms with Gasteiger partial charge in [-0.15, -0.1) is 0 Å². The maximum Gasteiger partial charge on any atom is 0.388 e. The van der Waals surface area contributed by atoms with Crippen LogP contribution in [-0.2, 0) is 7.05 Å². The van der Waals surface area contributed by atoms with Crippen molar-refractivity contribution in [3.8, 4) is 28.6 Å². The smallest absolute Gasteiger partial charge is 0.388 e. The number of hydrogen-bond acceptors (Lipinski definition) is 7. The second-order valence-corrected chi connectivity index (χ2v) is 7.36. The van der Waals surface area contributed by atoms with Gasteiger partial charge in [-0.1, -0.05) is 0 Å². The van der Waals surface area contributed by atoms with Gasteiger partial charge in [0.2, 0.25) is 11.8 Å². The molecule has 0 spiro atoms. The molecule has 9 nitrogen and oxygen atoms in total. The van der Waals surface area contributed by atoms with Gasteiger partial charge in [-0.25, -0.2) is 15.0 Å². The van der Waals surface area contributed by atoms with Crippen LogP contribution in [0.3, 0.4) is 0 Å². The molecule has 1 aromatic carbocycles. The molecule has 0 aliphatic heterocycles. The first-order valence-electron chi connectivity index (χ1n) is 10.3. The zero-order valence-electron chi connectivity index (χ0n) is 18.1. The zero-order valence-corrected chi connectivity index (χ0v) is 18.1. The molecule has 0 aliphatic carbocycles. The van der Waals surface area contributed by atoms with E-state index in [2.05, 4.69) is 24.8 Å². The van der Waals surface area contributed by atoms with E-state index in [9.17, 15) is 13.6 Å². The minimum absolute atomic E-state index is 0.203. The number of pyridine rings is 2. The summed E-state index contributed by atoms with van der Waals surface area (Å²) in [6.07, 6.45) is 6.22. The van der Waals surface area contributed by atoms with Crippen molar-refractivity contribution in [3.05, 3.63) is 65.5 Å². The third kappa shape index (κ3) is 3.91. The highest BCUT2D eigenvalue weighted by atomic mass is 19.3. The van der Waals surface area contributed by atoms with E-state index in [0.29, 0.717) is 28.9 Å². The van der Waals surface area contributed by atoms with Crippen LogP contribution in [0.5, 0.6) is 11.8 Å². The van der Waals surface area contributed by atoms with Gasteiger partial charge in [0.1, 0.15) is 11.0 Å². The molecular weight excluding hydrogens is 446 g/mol. The summed E-state index contributed by atoms with van der Waals surface area (Å²) in [4.78, 5) is 26.5. The molecule has 0 fully saturated rings. The molecular formula is C23H18F2N6O3. The molecule has 34 heavy (non-hydrogen) atoms. The Morgan fingerprint density at radius 3 is 2.62 bits per heavy atom. The molecule has 4 aromatic heterocycles. The van der Waals surface area contributed by atoms with E-state index in [1.165, 1.54) is 29.1 Å². The number of halogens is 2. The normalized spacial score (nSPS) is 11.4. The van der Waals surface area contributed by atoms with Crippen LogP contribution in [0.1, 0.15) is 6.92 Å². The lowest BCUT2D eigenvalue weighted by Crippen LogP contribution is -2.21. The van der Waals surface area contributed by atoms with Crippen LogP contribution in [0.15, 0.2) is 59.9 Å². The van der Waals surface area contributed by atoms with Crippen LogP contribution in [-0.4, -0.2) is 42.5 Å². The van der Waals surface area contributed by atoms with Crippen LogP contribution in [0.25, 0.3) is 38.8 Å². The topological polar surface area (TPSA) is 97.0 Å². The molecule has 0 amide bonds. The first-order valence-corrected chi connectivity index (χ1v) is 10.3. The fourth-order valence-corrected chi connectivity index (χ4v) is 3.71. The number of aryl methyl sites for hydroxylation is 1. The third-order valence-corrected chi connectivity index (χ3v) is 5.11. The highest BCUT2D eigenvalue weighted by Crippen LogP contribution is 2.27. The molecule has 5 rings (SSSR count). The van der Waals surface area contributed by atoms with Gasteiger partial charge in [0.15, 0.2) is 0 Å². The van der Waals surface area contributed by atoms with Gasteiger partial charge < -0.3 is 9.47 Å². The average Bonchev–Trinajstić information content (AvgIpc) is 3.18. The Kier molecular flexibility index (Phi) is 5.36. The Morgan fingerprint density at radius 2 is 1.88 bits per heavy atom. The molecule has 0 saturated heterocycles. The van der Waals surface area contributed by atoms with Gasteiger partial charge in [0.05, 0.1) is 23.9 Å². The van der Waals surface area contributed by atoms with Gasteiger partial charge in [-0.05, 0) is 31.2 Å². The SMILES string of the molecule is CCOc1cnc2cn(-c3ccc4nn(C)cc4c3)c(=O)c(-c3ccc(OC(F)F)nc3)c2n1. The monoisotopic (exact) mass is 464 g/mol. The molecule has 0 aliphatic rings. The number of ether oxygens (including phenoxy) is 2. The number of aromatic nitrogens is 6. The quantitative estimate of drug-likeness (QED) is 0.378. The van der Waals surface area contributed by atoms with Crippen molar-refractivity contribution in [2.75, 3.05) is 6.61 Å². The zero-order chi connectivity index (χ0) is 23.8. The van der Waals surface area contributed by atoms with E-state index in [1.54, 1.807) is 16.9 Å². The number of alkyl halides is 2. The Hall–Kier alpha value is -4.41. The minimum Gasteiger partial charge on any atom is -0.477 e. The van der Waals surface area contributed by atoms with Gasteiger partial charge in [0.25, 0.3) is 5.56 Å². The molecule has 0 bridgehead atoms. The molecule has 5 aromatic rings. The van der Waals surface area contributed by atoms with Crippen molar-refractivity contribution in [3.63, 3.8) is 0 Å². The summed E-state index contributed by atoms with van der Waals surface area (Å²) in [5, 5.41) is 5.22. The van der Waals surface area contributed by atoms with E-state index in [-0.39, 0.29) is 22.9 Å². The van der Waals surface area contributed by atoms with Gasteiger partial charge in [-0.3, -0.25) is 14.0 Å². The van der Waals surface area contributed by atoms with Gasteiger partial charge in [0, 0.05) is 48.3 Å². The summed E-state index contributed by atoms with van der Waals surface area (Å²) in [5.74, 6) is -0.00164. The second kappa shape index (κ2) is 8.50. The Morgan fingerprint density at radius 1 is 1.03 bits per heavy atom. The molecule has 0 unspecified atom stereocenters. The van der Waals surface area contributed by atoms with Crippen molar-refractivity contribution in [1.29, 1.82) is 0 Å². The van der Waals surface area contributed by atoms with Crippen molar-refractivity contribution in [2.24, 2.45) is 7.05 Å². The largest absolute Gasteiger partial charge is 0.477 e. The fourth-order valence-electron chi connectivity index (χ4n) is 3.71. The maximum absolute atomic E-state index is 13.7. The first kappa shape index (κ1) is 21.4. The molecule has 0 atom stereocenters. The summed E-state index contributed by atoms with van der Waals surface area (Å²) in [6, 6.07) is 8.20. The van der Waals surface area contributed by atoms with Gasteiger partial charge >= 0.3 is 6.61 Å². The molecule has 0 saturated carbocycles. The third-order valence-electron chi connectivity index (χ3n) is 5.11. The second-order valence-electron chi connectivity index (χ2n) is 7.36. The Bertz CT molecular complexity index is 1560. The molecule has 11 heteroatoms. The van der Waals surface area contributed by atoms with Crippen molar-refractivity contribution >= 4 is 21.9 Å². The highest BCUT2D eigenvalue weighted by Gasteiger charge is 2.18. The van der Waals surface area contributed by atoms with E-state index in [0.717, 1.165) is 10.9 Å². The number of hydrogen-bond donors (Lipinski definition) is 0. The predicted molar refractivity (Wildman–Crippen MR) is 120 cm³/mol. The van der Waals surface area contributed by atoms with Crippen molar-refractivity contribution < 1.29 is 18.3 Å². The minimum atomic E-state index is -3.00.